The number of fused-ring (bicyclic) bond motifs is 1. The molecule has 130 valence electrons. The molecule has 9 nitrogen and oxygen atoms in total. The molecule has 3 rings (SSSR count). The lowest BCUT2D eigenvalue weighted by Gasteiger charge is -2.34. The van der Waals surface area contributed by atoms with Crippen molar-refractivity contribution < 1.29 is 4.79 Å². The Morgan fingerprint density at radius 1 is 1.08 bits per heavy atom. The zero-order chi connectivity index (χ0) is 17.4. The molecule has 9 heteroatoms. The van der Waals surface area contributed by atoms with Gasteiger partial charge < -0.3 is 9.47 Å². The fourth-order valence-electron chi connectivity index (χ4n) is 3.10. The average Bonchev–Trinajstić information content (AvgIpc) is 3.00. The van der Waals surface area contributed by atoms with Gasteiger partial charge in [0.15, 0.2) is 11.2 Å². The Kier molecular flexibility index (Phi) is 4.27. The van der Waals surface area contributed by atoms with E-state index in [1.165, 1.54) is 11.6 Å². The summed E-state index contributed by atoms with van der Waals surface area (Å²) in [6.45, 7) is 6.08. The van der Waals surface area contributed by atoms with E-state index >= 15 is 0 Å². The normalized spacial score (nSPS) is 16.0. The highest BCUT2D eigenvalue weighted by molar-refractivity contribution is 5.73. The summed E-state index contributed by atoms with van der Waals surface area (Å²) < 4.78 is 4.29. The monoisotopic (exact) mass is 334 g/mol. The fraction of sp³-hybridized carbons (Fsp3) is 0.600. The van der Waals surface area contributed by atoms with Gasteiger partial charge in [-0.1, -0.05) is 0 Å². The highest BCUT2D eigenvalue weighted by Gasteiger charge is 2.19. The van der Waals surface area contributed by atoms with Gasteiger partial charge in [0.1, 0.15) is 0 Å². The molecule has 0 spiro atoms. The number of nitrogens with zero attached hydrogens (tertiary/aromatic N) is 6. The molecular weight excluding hydrogens is 312 g/mol. The topological polar surface area (TPSA) is 85.4 Å². The van der Waals surface area contributed by atoms with Gasteiger partial charge >= 0.3 is 5.69 Å². The van der Waals surface area contributed by atoms with Gasteiger partial charge in [-0.25, -0.2) is 9.78 Å². The number of amides is 1. The minimum absolute atomic E-state index is 0.111. The zero-order valence-electron chi connectivity index (χ0n) is 14.2. The maximum absolute atomic E-state index is 12.4. The first-order chi connectivity index (χ1) is 11.4. The molecule has 1 aliphatic heterocycles. The number of piperazine rings is 1. The standard InChI is InChI=1S/C15H22N6O3/c1-11(22)20-7-4-19(5-8-20)6-9-21-10-16-13-12(21)14(23)18(3)15(24)17(13)2/h10H,4-9H2,1-3H3. The molecule has 0 unspecified atom stereocenters. The molecule has 0 bridgehead atoms. The zero-order valence-corrected chi connectivity index (χ0v) is 14.2. The smallest absolute Gasteiger partial charge is 0.332 e. The van der Waals surface area contributed by atoms with E-state index in [0.29, 0.717) is 17.7 Å². The Bertz CT molecular complexity index is 885. The molecule has 24 heavy (non-hydrogen) atoms. The second-order valence-corrected chi connectivity index (χ2v) is 6.16. The molecule has 1 fully saturated rings. The average molecular weight is 334 g/mol. The summed E-state index contributed by atoms with van der Waals surface area (Å²) in [5.74, 6) is 0.111. The summed E-state index contributed by atoms with van der Waals surface area (Å²) in [5.41, 5.74) is 0.150. The van der Waals surface area contributed by atoms with Gasteiger partial charge in [0.2, 0.25) is 5.91 Å². The van der Waals surface area contributed by atoms with Crippen molar-refractivity contribution in [2.45, 2.75) is 13.5 Å². The van der Waals surface area contributed by atoms with Crippen molar-refractivity contribution in [2.75, 3.05) is 32.7 Å². The first-order valence-electron chi connectivity index (χ1n) is 7.99. The van der Waals surface area contributed by atoms with Crippen LogP contribution in [0, 0.1) is 0 Å². The largest absolute Gasteiger partial charge is 0.340 e. The maximum atomic E-state index is 12.4. The van der Waals surface area contributed by atoms with E-state index in [9.17, 15) is 14.4 Å². The molecule has 1 aliphatic rings. The number of hydrogen-bond acceptors (Lipinski definition) is 5. The molecular formula is C15H22N6O3. The Morgan fingerprint density at radius 2 is 1.75 bits per heavy atom. The highest BCUT2D eigenvalue weighted by atomic mass is 16.2. The Morgan fingerprint density at radius 3 is 2.38 bits per heavy atom. The van der Waals surface area contributed by atoms with Gasteiger partial charge in [-0.05, 0) is 0 Å². The van der Waals surface area contributed by atoms with Crippen LogP contribution in [0.25, 0.3) is 11.2 Å². The van der Waals surface area contributed by atoms with Crippen molar-refractivity contribution >= 4 is 17.1 Å². The van der Waals surface area contributed by atoms with Crippen LogP contribution >= 0.6 is 0 Å². The van der Waals surface area contributed by atoms with Crippen molar-refractivity contribution in [3.8, 4) is 0 Å². The fourth-order valence-corrected chi connectivity index (χ4v) is 3.10. The molecule has 2 aromatic rings. The SMILES string of the molecule is CC(=O)N1CCN(CCn2cnc3c2c(=O)n(C)c(=O)n3C)CC1. The molecule has 2 aromatic heterocycles. The predicted molar refractivity (Wildman–Crippen MR) is 88.9 cm³/mol. The van der Waals surface area contributed by atoms with Crippen molar-refractivity contribution in [2.24, 2.45) is 14.1 Å². The van der Waals surface area contributed by atoms with Crippen LogP contribution in [0.3, 0.4) is 0 Å². The second kappa shape index (κ2) is 6.23. The predicted octanol–water partition coefficient (Wildman–Crippen LogP) is -1.40. The van der Waals surface area contributed by atoms with Gasteiger partial charge in [-0.3, -0.25) is 23.6 Å². The van der Waals surface area contributed by atoms with Crippen LogP contribution in [0.5, 0.6) is 0 Å². The van der Waals surface area contributed by atoms with Crippen molar-refractivity contribution in [3.63, 3.8) is 0 Å². The third kappa shape index (κ3) is 2.75. The van der Waals surface area contributed by atoms with Crippen LogP contribution in [0.2, 0.25) is 0 Å². The van der Waals surface area contributed by atoms with Crippen LogP contribution in [-0.2, 0) is 25.4 Å². The van der Waals surface area contributed by atoms with E-state index in [1.807, 2.05) is 4.90 Å². The molecule has 1 amide bonds. The van der Waals surface area contributed by atoms with E-state index in [4.69, 9.17) is 0 Å². The summed E-state index contributed by atoms with van der Waals surface area (Å²) in [6, 6.07) is 0. The summed E-state index contributed by atoms with van der Waals surface area (Å²) >= 11 is 0. The molecule has 0 N–H and O–H groups in total. The second-order valence-electron chi connectivity index (χ2n) is 6.16. The number of aryl methyl sites for hydroxylation is 1. The van der Waals surface area contributed by atoms with Crippen LogP contribution in [0.15, 0.2) is 15.9 Å². The third-order valence-electron chi connectivity index (χ3n) is 4.69. The highest BCUT2D eigenvalue weighted by Crippen LogP contribution is 2.07. The Labute approximate surface area is 138 Å². The summed E-state index contributed by atoms with van der Waals surface area (Å²) in [5, 5.41) is 0. The molecule has 0 radical (unpaired) electrons. The van der Waals surface area contributed by atoms with Crippen LogP contribution < -0.4 is 11.2 Å². The summed E-state index contributed by atoms with van der Waals surface area (Å²) in [7, 11) is 3.09. The maximum Gasteiger partial charge on any atom is 0.332 e. The van der Waals surface area contributed by atoms with Crippen molar-refractivity contribution in [1.82, 2.24) is 28.5 Å². The molecule has 1 saturated heterocycles. The first kappa shape index (κ1) is 16.4. The van der Waals surface area contributed by atoms with Gasteiger partial charge in [0, 0.05) is 60.3 Å². The molecule has 0 aromatic carbocycles. The quantitative estimate of drug-likeness (QED) is 0.689. The third-order valence-corrected chi connectivity index (χ3v) is 4.69. The number of hydrogen-bond donors (Lipinski definition) is 0. The van der Waals surface area contributed by atoms with E-state index < -0.39 is 0 Å². The van der Waals surface area contributed by atoms with Crippen LogP contribution in [0.1, 0.15) is 6.92 Å². The molecule has 0 saturated carbocycles. The van der Waals surface area contributed by atoms with E-state index in [2.05, 4.69) is 9.88 Å². The number of imidazole rings is 1. The minimum atomic E-state index is -0.377. The first-order valence-corrected chi connectivity index (χ1v) is 7.99. The minimum Gasteiger partial charge on any atom is -0.340 e. The molecule has 3 heterocycles. The van der Waals surface area contributed by atoms with Gasteiger partial charge in [-0.15, -0.1) is 0 Å². The van der Waals surface area contributed by atoms with Crippen LogP contribution in [0.4, 0.5) is 0 Å². The van der Waals surface area contributed by atoms with E-state index in [1.54, 1.807) is 24.9 Å². The lowest BCUT2D eigenvalue weighted by molar-refractivity contribution is -0.130. The van der Waals surface area contributed by atoms with Crippen LogP contribution in [-0.4, -0.2) is 67.1 Å². The number of aromatic nitrogens is 4. The number of rotatable bonds is 3. The molecule has 0 atom stereocenters. The van der Waals surface area contributed by atoms with Gasteiger partial charge in [-0.2, -0.15) is 0 Å². The number of carbonyl (C=O) groups excluding carboxylic acids is 1. The molecule has 0 aliphatic carbocycles. The Hall–Kier alpha value is -2.42. The van der Waals surface area contributed by atoms with Crippen molar-refractivity contribution in [3.05, 3.63) is 27.2 Å². The summed E-state index contributed by atoms with van der Waals surface area (Å²) in [6.07, 6.45) is 1.61. The Balaban J connectivity index is 1.77. The number of carbonyl (C=O) groups is 1. The van der Waals surface area contributed by atoms with E-state index in [0.717, 1.165) is 37.3 Å². The van der Waals surface area contributed by atoms with Gasteiger partial charge in [0.25, 0.3) is 5.56 Å². The summed E-state index contributed by atoms with van der Waals surface area (Å²) in [4.78, 5) is 44.0. The van der Waals surface area contributed by atoms with E-state index in [-0.39, 0.29) is 17.2 Å². The van der Waals surface area contributed by atoms with Gasteiger partial charge in [0.05, 0.1) is 6.33 Å². The lowest BCUT2D eigenvalue weighted by atomic mass is 10.3. The van der Waals surface area contributed by atoms with Crippen molar-refractivity contribution in [1.29, 1.82) is 0 Å². The lowest BCUT2D eigenvalue weighted by Crippen LogP contribution is -2.48.